The molecule has 1 heterocycles. The third kappa shape index (κ3) is 2.31. The molecule has 2 nitrogen and oxygen atoms in total. The van der Waals surface area contributed by atoms with Crippen LogP contribution in [-0.4, -0.2) is 18.3 Å². The molecular formula is C13H14FNO. The van der Waals surface area contributed by atoms with E-state index >= 15 is 0 Å². The molecule has 84 valence electrons. The number of hydrogen-bond acceptors (Lipinski definition) is 1. The molecule has 2 aromatic rings. The first-order valence-corrected chi connectivity index (χ1v) is 5.21. The zero-order valence-corrected chi connectivity index (χ0v) is 9.19. The maximum atomic E-state index is 12.8. The van der Waals surface area contributed by atoms with Crippen molar-refractivity contribution in [2.45, 2.75) is 6.54 Å². The summed E-state index contributed by atoms with van der Waals surface area (Å²) in [6.45, 7) is 1.47. The zero-order valence-electron chi connectivity index (χ0n) is 9.19. The Hall–Kier alpha value is -1.61. The quantitative estimate of drug-likeness (QED) is 0.771. The number of benzene rings is 1. The minimum atomic E-state index is -0.209. The van der Waals surface area contributed by atoms with Gasteiger partial charge in [-0.25, -0.2) is 4.39 Å². The second kappa shape index (κ2) is 4.94. The predicted octanol–water partition coefficient (Wildman–Crippen LogP) is 2.94. The summed E-state index contributed by atoms with van der Waals surface area (Å²) in [5.41, 5.74) is 2.10. The second-order valence-electron chi connectivity index (χ2n) is 3.59. The molecular weight excluding hydrogens is 205 g/mol. The fraction of sp³-hybridized carbons (Fsp3) is 0.231. The van der Waals surface area contributed by atoms with E-state index in [0.717, 1.165) is 17.8 Å². The Balaban J connectivity index is 2.26. The van der Waals surface area contributed by atoms with Gasteiger partial charge in [-0.3, -0.25) is 0 Å². The molecule has 0 bridgehead atoms. The maximum Gasteiger partial charge on any atom is 0.123 e. The van der Waals surface area contributed by atoms with Crippen molar-refractivity contribution in [3.8, 4) is 11.3 Å². The molecule has 0 spiro atoms. The number of ether oxygens (including phenoxy) is 1. The second-order valence-corrected chi connectivity index (χ2v) is 3.59. The highest BCUT2D eigenvalue weighted by Crippen LogP contribution is 2.20. The average Bonchev–Trinajstić information content (AvgIpc) is 2.75. The van der Waals surface area contributed by atoms with E-state index < -0.39 is 0 Å². The highest BCUT2D eigenvalue weighted by molar-refractivity contribution is 5.59. The van der Waals surface area contributed by atoms with Gasteiger partial charge in [0.2, 0.25) is 0 Å². The van der Waals surface area contributed by atoms with Gasteiger partial charge in [0.1, 0.15) is 5.82 Å². The SMILES string of the molecule is COCCn1cccc1-c1ccc(F)cc1. The number of aromatic nitrogens is 1. The molecule has 0 aliphatic rings. The van der Waals surface area contributed by atoms with Crippen molar-refractivity contribution in [2.24, 2.45) is 0 Å². The van der Waals surface area contributed by atoms with E-state index in [4.69, 9.17) is 4.74 Å². The van der Waals surface area contributed by atoms with E-state index in [1.807, 2.05) is 18.3 Å². The molecule has 0 aliphatic heterocycles. The van der Waals surface area contributed by atoms with Gasteiger partial charge in [-0.15, -0.1) is 0 Å². The summed E-state index contributed by atoms with van der Waals surface area (Å²) < 4.78 is 19.9. The van der Waals surface area contributed by atoms with Crippen LogP contribution in [0.5, 0.6) is 0 Å². The topological polar surface area (TPSA) is 14.2 Å². The van der Waals surface area contributed by atoms with E-state index in [1.54, 1.807) is 19.2 Å². The lowest BCUT2D eigenvalue weighted by atomic mass is 10.1. The van der Waals surface area contributed by atoms with Crippen molar-refractivity contribution in [2.75, 3.05) is 13.7 Å². The lowest BCUT2D eigenvalue weighted by Gasteiger charge is -2.08. The summed E-state index contributed by atoms with van der Waals surface area (Å²) >= 11 is 0. The minimum Gasteiger partial charge on any atom is -0.383 e. The lowest BCUT2D eigenvalue weighted by Crippen LogP contribution is -2.04. The van der Waals surface area contributed by atoms with Gasteiger partial charge in [0.25, 0.3) is 0 Å². The van der Waals surface area contributed by atoms with Gasteiger partial charge in [-0.1, -0.05) is 0 Å². The number of rotatable bonds is 4. The Morgan fingerprint density at radius 1 is 1.19 bits per heavy atom. The minimum absolute atomic E-state index is 0.209. The van der Waals surface area contributed by atoms with Gasteiger partial charge in [0.05, 0.1) is 6.61 Å². The maximum absolute atomic E-state index is 12.8. The number of methoxy groups -OCH3 is 1. The smallest absolute Gasteiger partial charge is 0.123 e. The van der Waals surface area contributed by atoms with Crippen LogP contribution in [0.25, 0.3) is 11.3 Å². The summed E-state index contributed by atoms with van der Waals surface area (Å²) in [7, 11) is 1.68. The van der Waals surface area contributed by atoms with Crippen LogP contribution in [0.3, 0.4) is 0 Å². The van der Waals surface area contributed by atoms with Crippen LogP contribution in [0.2, 0.25) is 0 Å². The van der Waals surface area contributed by atoms with Gasteiger partial charge in [-0.2, -0.15) is 0 Å². The van der Waals surface area contributed by atoms with Gasteiger partial charge in [0.15, 0.2) is 0 Å². The molecule has 0 amide bonds. The van der Waals surface area contributed by atoms with Crippen molar-refractivity contribution < 1.29 is 9.13 Å². The fourth-order valence-electron chi connectivity index (χ4n) is 1.68. The van der Waals surface area contributed by atoms with E-state index in [2.05, 4.69) is 4.57 Å². The number of halogens is 1. The fourth-order valence-corrected chi connectivity index (χ4v) is 1.68. The van der Waals surface area contributed by atoms with Crippen molar-refractivity contribution >= 4 is 0 Å². The number of hydrogen-bond donors (Lipinski definition) is 0. The molecule has 1 aromatic heterocycles. The molecule has 0 aliphatic carbocycles. The summed E-state index contributed by atoms with van der Waals surface area (Å²) in [5.74, 6) is -0.209. The largest absolute Gasteiger partial charge is 0.383 e. The highest BCUT2D eigenvalue weighted by Gasteiger charge is 2.03. The molecule has 2 rings (SSSR count). The molecule has 0 radical (unpaired) electrons. The average molecular weight is 219 g/mol. The summed E-state index contributed by atoms with van der Waals surface area (Å²) in [5, 5.41) is 0. The van der Waals surface area contributed by atoms with E-state index in [1.165, 1.54) is 12.1 Å². The molecule has 0 atom stereocenters. The zero-order chi connectivity index (χ0) is 11.4. The molecule has 0 saturated carbocycles. The molecule has 0 N–H and O–H groups in total. The summed E-state index contributed by atoms with van der Waals surface area (Å²) in [4.78, 5) is 0. The Morgan fingerprint density at radius 3 is 2.62 bits per heavy atom. The van der Waals surface area contributed by atoms with Crippen LogP contribution >= 0.6 is 0 Å². The van der Waals surface area contributed by atoms with Gasteiger partial charge >= 0.3 is 0 Å². The summed E-state index contributed by atoms with van der Waals surface area (Å²) in [6.07, 6.45) is 2.00. The first-order chi connectivity index (χ1) is 7.81. The number of nitrogens with zero attached hydrogens (tertiary/aromatic N) is 1. The third-order valence-electron chi connectivity index (χ3n) is 2.51. The van der Waals surface area contributed by atoms with Crippen molar-refractivity contribution in [1.82, 2.24) is 4.57 Å². The Kier molecular flexibility index (Phi) is 3.37. The third-order valence-corrected chi connectivity index (χ3v) is 2.51. The van der Waals surface area contributed by atoms with Crippen LogP contribution in [0.1, 0.15) is 0 Å². The van der Waals surface area contributed by atoms with Gasteiger partial charge in [0, 0.05) is 25.5 Å². The normalized spacial score (nSPS) is 10.6. The Labute approximate surface area is 94.3 Å². The first-order valence-electron chi connectivity index (χ1n) is 5.21. The van der Waals surface area contributed by atoms with Crippen LogP contribution < -0.4 is 0 Å². The molecule has 16 heavy (non-hydrogen) atoms. The standard InChI is InChI=1S/C13H14FNO/c1-16-10-9-15-8-2-3-13(15)11-4-6-12(14)7-5-11/h2-8H,9-10H2,1H3. The van der Waals surface area contributed by atoms with Crippen LogP contribution in [0.15, 0.2) is 42.6 Å². The van der Waals surface area contributed by atoms with Crippen LogP contribution in [0.4, 0.5) is 4.39 Å². The van der Waals surface area contributed by atoms with Gasteiger partial charge in [-0.05, 0) is 42.0 Å². The highest BCUT2D eigenvalue weighted by atomic mass is 19.1. The van der Waals surface area contributed by atoms with Crippen LogP contribution in [0, 0.1) is 5.82 Å². The van der Waals surface area contributed by atoms with E-state index in [9.17, 15) is 4.39 Å². The molecule has 0 unspecified atom stereocenters. The van der Waals surface area contributed by atoms with Crippen LogP contribution in [-0.2, 0) is 11.3 Å². The van der Waals surface area contributed by atoms with Crippen molar-refractivity contribution in [1.29, 1.82) is 0 Å². The van der Waals surface area contributed by atoms with Crippen molar-refractivity contribution in [3.05, 3.63) is 48.4 Å². The van der Waals surface area contributed by atoms with Crippen molar-refractivity contribution in [3.63, 3.8) is 0 Å². The molecule has 0 fully saturated rings. The summed E-state index contributed by atoms with van der Waals surface area (Å²) in [6, 6.07) is 10.5. The van der Waals surface area contributed by atoms with E-state index in [-0.39, 0.29) is 5.82 Å². The first kappa shape index (κ1) is 10.9. The monoisotopic (exact) mass is 219 g/mol. The lowest BCUT2D eigenvalue weighted by molar-refractivity contribution is 0.188. The molecule has 1 aromatic carbocycles. The molecule has 3 heteroatoms. The van der Waals surface area contributed by atoms with E-state index in [0.29, 0.717) is 6.61 Å². The Morgan fingerprint density at radius 2 is 1.94 bits per heavy atom. The predicted molar refractivity (Wildman–Crippen MR) is 61.7 cm³/mol. The Bertz CT molecular complexity index is 447. The molecule has 0 saturated heterocycles. The van der Waals surface area contributed by atoms with Gasteiger partial charge < -0.3 is 9.30 Å².